The largest absolute Gasteiger partial charge is 0.481 e. The molecule has 4 N–H and O–H groups in total. The van der Waals surface area contributed by atoms with E-state index in [4.69, 9.17) is 15.6 Å². The first-order chi connectivity index (χ1) is 12.4. The summed E-state index contributed by atoms with van der Waals surface area (Å²) in [6, 6.07) is 8.67. The van der Waals surface area contributed by atoms with Gasteiger partial charge in [-0.15, -0.1) is 0 Å². The number of halogens is 2. The van der Waals surface area contributed by atoms with Crippen molar-refractivity contribution in [1.29, 1.82) is 0 Å². The van der Waals surface area contributed by atoms with Crippen molar-refractivity contribution in [3.8, 4) is 11.5 Å². The molecule has 138 valence electrons. The topological polar surface area (TPSA) is 102 Å². The van der Waals surface area contributed by atoms with Gasteiger partial charge in [0, 0.05) is 13.0 Å². The van der Waals surface area contributed by atoms with Crippen molar-refractivity contribution in [3.63, 3.8) is 0 Å². The number of carbonyl (C=O) groups excluding carboxylic acids is 1. The lowest BCUT2D eigenvalue weighted by Crippen LogP contribution is -2.40. The minimum atomic E-state index is -1.04. The summed E-state index contributed by atoms with van der Waals surface area (Å²) in [6.45, 7) is 0.0104. The first-order valence-electron chi connectivity index (χ1n) is 7.82. The molecule has 0 unspecified atom stereocenters. The third-order valence-electron chi connectivity index (χ3n) is 3.53. The average Bonchev–Trinajstić information content (AvgIpc) is 2.61. The maximum Gasteiger partial charge on any atom is 0.303 e. The molecular formula is C18H18F2N2O4. The molecule has 0 saturated carbocycles. The van der Waals surface area contributed by atoms with Crippen molar-refractivity contribution >= 4 is 11.9 Å². The number of hydrogen-bond donors (Lipinski definition) is 3. The standard InChI is InChI=1S/C18H18F2N2O4/c19-12-3-1-2-4-15(12)26-16-7-5-11(9-13(16)20)10-22-18(25)14(21)6-8-17(23)24/h1-5,7,9,14H,6,8,10,21H2,(H,22,25)(H,23,24)/t14-/m0/s1. The minimum absolute atomic E-state index is 0.00491. The molecule has 2 aromatic rings. The van der Waals surface area contributed by atoms with Gasteiger partial charge in [-0.2, -0.15) is 0 Å². The molecular weight excluding hydrogens is 346 g/mol. The fourth-order valence-electron chi connectivity index (χ4n) is 2.11. The predicted molar refractivity (Wildman–Crippen MR) is 89.6 cm³/mol. The number of carboxylic acid groups (broad SMARTS) is 1. The van der Waals surface area contributed by atoms with Gasteiger partial charge in [0.15, 0.2) is 23.1 Å². The molecule has 0 aliphatic heterocycles. The normalized spacial score (nSPS) is 11.7. The van der Waals surface area contributed by atoms with Gasteiger partial charge in [-0.05, 0) is 36.2 Å². The quantitative estimate of drug-likeness (QED) is 0.668. The zero-order valence-corrected chi connectivity index (χ0v) is 13.7. The average molecular weight is 364 g/mol. The van der Waals surface area contributed by atoms with E-state index in [1.165, 1.54) is 30.3 Å². The van der Waals surface area contributed by atoms with Gasteiger partial charge < -0.3 is 20.9 Å². The number of carbonyl (C=O) groups is 2. The van der Waals surface area contributed by atoms with Crippen LogP contribution < -0.4 is 15.8 Å². The van der Waals surface area contributed by atoms with Crippen LogP contribution in [0.25, 0.3) is 0 Å². The zero-order valence-electron chi connectivity index (χ0n) is 13.7. The number of rotatable bonds is 8. The van der Waals surface area contributed by atoms with E-state index in [1.807, 2.05) is 0 Å². The van der Waals surface area contributed by atoms with Gasteiger partial charge in [0.2, 0.25) is 5.91 Å². The Bertz CT molecular complexity index is 799. The molecule has 6 nitrogen and oxygen atoms in total. The van der Waals surface area contributed by atoms with Crippen molar-refractivity contribution in [2.75, 3.05) is 0 Å². The van der Waals surface area contributed by atoms with Gasteiger partial charge >= 0.3 is 5.97 Å². The Balaban J connectivity index is 1.94. The van der Waals surface area contributed by atoms with Crippen LogP contribution in [-0.2, 0) is 16.1 Å². The van der Waals surface area contributed by atoms with Gasteiger partial charge in [0.25, 0.3) is 0 Å². The molecule has 0 aliphatic rings. The second-order valence-electron chi connectivity index (χ2n) is 5.55. The Morgan fingerprint density at radius 2 is 1.81 bits per heavy atom. The van der Waals surface area contributed by atoms with Gasteiger partial charge in [-0.1, -0.05) is 18.2 Å². The molecule has 0 saturated heterocycles. The Morgan fingerprint density at radius 1 is 1.12 bits per heavy atom. The Kier molecular flexibility index (Phi) is 6.62. The fourth-order valence-corrected chi connectivity index (χ4v) is 2.11. The number of hydrogen-bond acceptors (Lipinski definition) is 4. The molecule has 2 rings (SSSR count). The maximum absolute atomic E-state index is 14.1. The van der Waals surface area contributed by atoms with E-state index in [9.17, 15) is 18.4 Å². The number of benzene rings is 2. The number of nitrogens with one attached hydrogen (secondary N) is 1. The Labute approximate surface area is 148 Å². The van der Waals surface area contributed by atoms with Gasteiger partial charge in [0.05, 0.1) is 6.04 Å². The molecule has 26 heavy (non-hydrogen) atoms. The first-order valence-corrected chi connectivity index (χ1v) is 7.82. The van der Waals surface area contributed by atoms with Crippen LogP contribution in [0.15, 0.2) is 42.5 Å². The lowest BCUT2D eigenvalue weighted by molar-refractivity contribution is -0.137. The number of amides is 1. The highest BCUT2D eigenvalue weighted by molar-refractivity contribution is 5.82. The summed E-state index contributed by atoms with van der Waals surface area (Å²) in [5, 5.41) is 11.1. The monoisotopic (exact) mass is 364 g/mol. The number of nitrogens with two attached hydrogens (primary N) is 1. The van der Waals surface area contributed by atoms with Crippen molar-refractivity contribution < 1.29 is 28.2 Å². The lowest BCUT2D eigenvalue weighted by atomic mass is 10.1. The molecule has 2 aromatic carbocycles. The van der Waals surface area contributed by atoms with E-state index in [-0.39, 0.29) is 30.9 Å². The van der Waals surface area contributed by atoms with Crippen LogP contribution in [0.4, 0.5) is 8.78 Å². The summed E-state index contributed by atoms with van der Waals surface area (Å²) in [4.78, 5) is 22.2. The smallest absolute Gasteiger partial charge is 0.303 e. The zero-order chi connectivity index (χ0) is 19.1. The molecule has 8 heteroatoms. The predicted octanol–water partition coefficient (Wildman–Crippen LogP) is 2.57. The van der Waals surface area contributed by atoms with E-state index < -0.39 is 29.6 Å². The summed E-state index contributed by atoms with van der Waals surface area (Å²) in [5.74, 6) is -3.15. The van der Waals surface area contributed by atoms with Crippen LogP contribution in [0.2, 0.25) is 0 Å². The van der Waals surface area contributed by atoms with Crippen molar-refractivity contribution in [2.45, 2.75) is 25.4 Å². The van der Waals surface area contributed by atoms with E-state index in [2.05, 4.69) is 5.32 Å². The summed E-state index contributed by atoms with van der Waals surface area (Å²) in [7, 11) is 0. The van der Waals surface area contributed by atoms with Gasteiger partial charge in [-0.3, -0.25) is 9.59 Å². The number of para-hydroxylation sites is 1. The highest BCUT2D eigenvalue weighted by atomic mass is 19.1. The number of aliphatic carboxylic acids is 1. The van der Waals surface area contributed by atoms with Crippen molar-refractivity contribution in [3.05, 3.63) is 59.7 Å². The summed E-state index contributed by atoms with van der Waals surface area (Å²) in [5.41, 5.74) is 6.03. The number of ether oxygens (including phenoxy) is 1. The van der Waals surface area contributed by atoms with Crippen LogP contribution in [0.1, 0.15) is 18.4 Å². The first kappa shape index (κ1) is 19.3. The maximum atomic E-state index is 14.1. The van der Waals surface area contributed by atoms with Gasteiger partial charge in [0.1, 0.15) is 0 Å². The Hall–Kier alpha value is -3.00. The molecule has 1 amide bonds. The summed E-state index contributed by atoms with van der Waals surface area (Å²) < 4.78 is 32.9. The second-order valence-corrected chi connectivity index (χ2v) is 5.55. The lowest BCUT2D eigenvalue weighted by Gasteiger charge is -2.12. The van der Waals surface area contributed by atoms with Crippen LogP contribution in [0, 0.1) is 11.6 Å². The third kappa shape index (κ3) is 5.52. The summed E-state index contributed by atoms with van der Waals surface area (Å²) in [6.07, 6.45) is -0.212. The molecule has 0 aliphatic carbocycles. The summed E-state index contributed by atoms with van der Waals surface area (Å²) >= 11 is 0. The Morgan fingerprint density at radius 3 is 2.46 bits per heavy atom. The second kappa shape index (κ2) is 8.91. The molecule has 1 atom stereocenters. The van der Waals surface area contributed by atoms with E-state index in [0.717, 1.165) is 6.07 Å². The molecule has 0 radical (unpaired) electrons. The highest BCUT2D eigenvalue weighted by Crippen LogP contribution is 2.27. The molecule has 0 heterocycles. The highest BCUT2D eigenvalue weighted by Gasteiger charge is 2.15. The van der Waals surface area contributed by atoms with Crippen molar-refractivity contribution in [1.82, 2.24) is 5.32 Å². The molecule has 0 fully saturated rings. The SMILES string of the molecule is N[C@@H](CCC(=O)O)C(=O)NCc1ccc(Oc2ccccc2F)c(F)c1. The van der Waals surface area contributed by atoms with E-state index >= 15 is 0 Å². The fraction of sp³-hybridized carbons (Fsp3) is 0.222. The minimum Gasteiger partial charge on any atom is -0.481 e. The third-order valence-corrected chi connectivity index (χ3v) is 3.53. The van der Waals surface area contributed by atoms with Crippen LogP contribution in [0.3, 0.4) is 0 Å². The number of carboxylic acids is 1. The van der Waals surface area contributed by atoms with Crippen molar-refractivity contribution in [2.24, 2.45) is 5.73 Å². The molecule has 0 spiro atoms. The van der Waals surface area contributed by atoms with Gasteiger partial charge in [-0.25, -0.2) is 8.78 Å². The van der Waals surface area contributed by atoms with Crippen LogP contribution in [0.5, 0.6) is 11.5 Å². The van der Waals surface area contributed by atoms with E-state index in [0.29, 0.717) is 5.56 Å². The molecule has 0 bridgehead atoms. The van der Waals surface area contributed by atoms with E-state index in [1.54, 1.807) is 6.07 Å². The van der Waals surface area contributed by atoms with Crippen LogP contribution in [-0.4, -0.2) is 23.0 Å². The molecule has 0 aromatic heterocycles. The van der Waals surface area contributed by atoms with Crippen LogP contribution >= 0.6 is 0 Å².